The Kier molecular flexibility index (Phi) is 6.81. The van der Waals surface area contributed by atoms with Crippen molar-refractivity contribution in [2.45, 2.75) is 38.5 Å². The van der Waals surface area contributed by atoms with E-state index in [9.17, 15) is 13.2 Å². The molecule has 6 heteroatoms. The van der Waals surface area contributed by atoms with Gasteiger partial charge in [0, 0.05) is 13.5 Å². The van der Waals surface area contributed by atoms with Crippen molar-refractivity contribution in [3.8, 4) is 5.75 Å². The SMILES string of the molecule is Cc1ccc(CCC(=O)Oc2ccc(N(C)S(=O)(=O)c3ccc(C)c(C)c3)cc2)cc1. The highest BCUT2D eigenvalue weighted by Gasteiger charge is 2.21. The Bertz CT molecular complexity index is 1170. The van der Waals surface area contributed by atoms with E-state index in [-0.39, 0.29) is 17.3 Å². The third kappa shape index (κ3) is 5.52. The molecule has 0 bridgehead atoms. The maximum Gasteiger partial charge on any atom is 0.311 e. The highest BCUT2D eigenvalue weighted by molar-refractivity contribution is 7.92. The first-order valence-electron chi connectivity index (χ1n) is 10.1. The van der Waals surface area contributed by atoms with E-state index in [1.807, 2.05) is 45.0 Å². The van der Waals surface area contributed by atoms with Gasteiger partial charge in [-0.05, 0) is 80.3 Å². The van der Waals surface area contributed by atoms with Gasteiger partial charge in [0.1, 0.15) is 5.75 Å². The first kappa shape index (κ1) is 22.6. The molecule has 0 N–H and O–H groups in total. The molecule has 3 aromatic rings. The van der Waals surface area contributed by atoms with Gasteiger partial charge in [0.2, 0.25) is 0 Å². The van der Waals surface area contributed by atoms with Crippen LogP contribution in [0.15, 0.2) is 71.6 Å². The smallest absolute Gasteiger partial charge is 0.311 e. The van der Waals surface area contributed by atoms with Gasteiger partial charge in [-0.3, -0.25) is 9.10 Å². The number of benzene rings is 3. The Morgan fingerprint density at radius 3 is 2.13 bits per heavy atom. The molecule has 0 aliphatic carbocycles. The molecule has 3 rings (SSSR count). The van der Waals surface area contributed by atoms with Gasteiger partial charge < -0.3 is 4.74 Å². The van der Waals surface area contributed by atoms with Crippen LogP contribution in [0.3, 0.4) is 0 Å². The van der Waals surface area contributed by atoms with Crippen LogP contribution in [0.5, 0.6) is 5.75 Å². The number of ether oxygens (including phenoxy) is 1. The summed E-state index contributed by atoms with van der Waals surface area (Å²) in [6.07, 6.45) is 0.875. The zero-order valence-corrected chi connectivity index (χ0v) is 19.1. The molecule has 0 spiro atoms. The van der Waals surface area contributed by atoms with E-state index in [1.54, 1.807) is 42.5 Å². The van der Waals surface area contributed by atoms with Crippen LogP contribution >= 0.6 is 0 Å². The fourth-order valence-electron chi connectivity index (χ4n) is 3.08. The monoisotopic (exact) mass is 437 g/mol. The normalized spacial score (nSPS) is 11.2. The zero-order valence-electron chi connectivity index (χ0n) is 18.3. The molecule has 3 aromatic carbocycles. The summed E-state index contributed by atoms with van der Waals surface area (Å²) in [6, 6.07) is 19.6. The zero-order chi connectivity index (χ0) is 22.6. The Morgan fingerprint density at radius 1 is 0.871 bits per heavy atom. The second kappa shape index (κ2) is 9.35. The highest BCUT2D eigenvalue weighted by atomic mass is 32.2. The lowest BCUT2D eigenvalue weighted by atomic mass is 10.1. The van der Waals surface area contributed by atoms with E-state index in [1.165, 1.54) is 16.9 Å². The molecular formula is C25H27NO4S. The predicted octanol–water partition coefficient (Wildman–Crippen LogP) is 4.98. The molecule has 0 heterocycles. The number of carbonyl (C=O) groups is 1. The van der Waals surface area contributed by atoms with Crippen LogP contribution in [0, 0.1) is 20.8 Å². The summed E-state index contributed by atoms with van der Waals surface area (Å²) in [5.41, 5.74) is 4.70. The van der Waals surface area contributed by atoms with Gasteiger partial charge in [0.15, 0.2) is 0 Å². The number of aryl methyl sites for hydroxylation is 4. The van der Waals surface area contributed by atoms with E-state index >= 15 is 0 Å². The van der Waals surface area contributed by atoms with E-state index in [4.69, 9.17) is 4.74 Å². The number of esters is 1. The first-order chi connectivity index (χ1) is 14.7. The fourth-order valence-corrected chi connectivity index (χ4v) is 4.36. The number of hydrogen-bond acceptors (Lipinski definition) is 4. The molecule has 0 aromatic heterocycles. The van der Waals surface area contributed by atoms with Crippen molar-refractivity contribution >= 4 is 21.7 Å². The minimum absolute atomic E-state index is 0.240. The van der Waals surface area contributed by atoms with Crippen molar-refractivity contribution in [3.63, 3.8) is 0 Å². The minimum Gasteiger partial charge on any atom is -0.427 e. The number of rotatable bonds is 7. The lowest BCUT2D eigenvalue weighted by Gasteiger charge is -2.20. The largest absolute Gasteiger partial charge is 0.427 e. The number of nitrogens with zero attached hydrogens (tertiary/aromatic N) is 1. The van der Waals surface area contributed by atoms with Gasteiger partial charge in [0.05, 0.1) is 10.6 Å². The maximum absolute atomic E-state index is 12.9. The van der Waals surface area contributed by atoms with Crippen LogP contribution in [0.25, 0.3) is 0 Å². The molecule has 0 aliphatic rings. The van der Waals surface area contributed by atoms with Gasteiger partial charge in [0.25, 0.3) is 10.0 Å². The van der Waals surface area contributed by atoms with Gasteiger partial charge in [-0.1, -0.05) is 35.9 Å². The van der Waals surface area contributed by atoms with Crippen LogP contribution in [0.1, 0.15) is 28.7 Å². The summed E-state index contributed by atoms with van der Waals surface area (Å²) in [5, 5.41) is 0. The highest BCUT2D eigenvalue weighted by Crippen LogP contribution is 2.25. The van der Waals surface area contributed by atoms with Crippen LogP contribution in [0.4, 0.5) is 5.69 Å². The quantitative estimate of drug-likeness (QED) is 0.386. The summed E-state index contributed by atoms with van der Waals surface area (Å²) >= 11 is 0. The molecule has 0 amide bonds. The summed E-state index contributed by atoms with van der Waals surface area (Å²) in [6.45, 7) is 5.85. The summed E-state index contributed by atoms with van der Waals surface area (Å²) < 4.78 is 32.5. The summed E-state index contributed by atoms with van der Waals surface area (Å²) in [7, 11) is -2.18. The van der Waals surface area contributed by atoms with Crippen molar-refractivity contribution in [2.24, 2.45) is 0 Å². The first-order valence-corrected chi connectivity index (χ1v) is 11.5. The van der Waals surface area contributed by atoms with E-state index in [2.05, 4.69) is 0 Å². The molecule has 0 aliphatic heterocycles. The Hall–Kier alpha value is -3.12. The Labute approximate surface area is 184 Å². The number of anilines is 1. The minimum atomic E-state index is -3.68. The Morgan fingerprint density at radius 2 is 1.52 bits per heavy atom. The average Bonchev–Trinajstić information content (AvgIpc) is 2.75. The summed E-state index contributed by atoms with van der Waals surface area (Å²) in [4.78, 5) is 12.4. The topological polar surface area (TPSA) is 63.7 Å². The Balaban J connectivity index is 1.64. The molecule has 0 fully saturated rings. The van der Waals surface area contributed by atoms with Crippen LogP contribution in [0.2, 0.25) is 0 Å². The molecule has 0 atom stereocenters. The van der Waals surface area contributed by atoms with Crippen molar-refractivity contribution in [2.75, 3.05) is 11.4 Å². The van der Waals surface area contributed by atoms with E-state index < -0.39 is 10.0 Å². The van der Waals surface area contributed by atoms with Crippen molar-refractivity contribution in [1.29, 1.82) is 0 Å². The van der Waals surface area contributed by atoms with Crippen LogP contribution in [-0.4, -0.2) is 21.4 Å². The molecule has 0 radical (unpaired) electrons. The van der Waals surface area contributed by atoms with Crippen molar-refractivity contribution < 1.29 is 17.9 Å². The maximum atomic E-state index is 12.9. The van der Waals surface area contributed by atoms with Gasteiger partial charge in [-0.15, -0.1) is 0 Å². The van der Waals surface area contributed by atoms with Crippen molar-refractivity contribution in [1.82, 2.24) is 0 Å². The average molecular weight is 438 g/mol. The molecule has 31 heavy (non-hydrogen) atoms. The third-order valence-corrected chi connectivity index (χ3v) is 7.09. The predicted molar refractivity (Wildman–Crippen MR) is 123 cm³/mol. The molecule has 0 saturated carbocycles. The fraction of sp³-hybridized carbons (Fsp3) is 0.240. The van der Waals surface area contributed by atoms with E-state index in [0.717, 1.165) is 16.7 Å². The number of carbonyl (C=O) groups excluding carboxylic acids is 1. The number of hydrogen-bond donors (Lipinski definition) is 0. The number of sulfonamides is 1. The molecule has 162 valence electrons. The second-order valence-electron chi connectivity index (χ2n) is 7.67. The van der Waals surface area contributed by atoms with Gasteiger partial charge in [-0.2, -0.15) is 0 Å². The molecule has 0 saturated heterocycles. The summed E-state index contributed by atoms with van der Waals surface area (Å²) in [5.74, 6) is 0.0547. The molecule has 5 nitrogen and oxygen atoms in total. The van der Waals surface area contributed by atoms with Crippen molar-refractivity contribution in [3.05, 3.63) is 89.0 Å². The van der Waals surface area contributed by atoms with Crippen LogP contribution < -0.4 is 9.04 Å². The van der Waals surface area contributed by atoms with Gasteiger partial charge >= 0.3 is 5.97 Å². The lowest BCUT2D eigenvalue weighted by Crippen LogP contribution is -2.26. The van der Waals surface area contributed by atoms with Gasteiger partial charge in [-0.25, -0.2) is 8.42 Å². The second-order valence-corrected chi connectivity index (χ2v) is 9.64. The molecular weight excluding hydrogens is 410 g/mol. The lowest BCUT2D eigenvalue weighted by molar-refractivity contribution is -0.134. The van der Waals surface area contributed by atoms with Crippen LogP contribution in [-0.2, 0) is 21.2 Å². The molecule has 0 unspecified atom stereocenters. The standard InChI is InChI=1S/C25H27NO4S/c1-18-5-8-21(9-6-18)10-16-25(27)30-23-13-11-22(12-14-23)26(4)31(28,29)24-15-7-19(2)20(3)17-24/h5-9,11-15,17H,10,16H2,1-4H3. The van der Waals surface area contributed by atoms with E-state index in [0.29, 0.717) is 17.9 Å². The third-order valence-electron chi connectivity index (χ3n) is 5.31.